The lowest BCUT2D eigenvalue weighted by Crippen LogP contribution is -2.36. The monoisotopic (exact) mass is 231 g/mol. The molecule has 1 aliphatic rings. The van der Waals surface area contributed by atoms with Crippen molar-refractivity contribution in [2.75, 3.05) is 40.1 Å². The summed E-state index contributed by atoms with van der Waals surface area (Å²) in [5.41, 5.74) is 0. The Morgan fingerprint density at radius 3 is 2.69 bits per heavy atom. The molecule has 1 N–H and O–H groups in total. The molecule has 2 atom stereocenters. The Labute approximate surface area is 96.4 Å². The van der Waals surface area contributed by atoms with Crippen LogP contribution in [-0.4, -0.2) is 52.1 Å². The normalized spacial score (nSPS) is 24.6. The Balaban J connectivity index is 2.02. The average molecular weight is 231 g/mol. The van der Waals surface area contributed by atoms with E-state index in [0.29, 0.717) is 32.3 Å². The van der Waals surface area contributed by atoms with Gasteiger partial charge in [-0.15, -0.1) is 0 Å². The van der Waals surface area contributed by atoms with Crippen molar-refractivity contribution in [1.29, 1.82) is 0 Å². The number of carbonyl (C=O) groups excluding carboxylic acids is 1. The SMILES string of the molecule is COCCOCCOC(=O)C1NCCC1C. The number of hydrogen-bond acceptors (Lipinski definition) is 5. The summed E-state index contributed by atoms with van der Waals surface area (Å²) in [5, 5.41) is 3.13. The van der Waals surface area contributed by atoms with Crippen LogP contribution in [-0.2, 0) is 19.0 Å². The molecule has 0 radical (unpaired) electrons. The highest BCUT2D eigenvalue weighted by Crippen LogP contribution is 2.15. The maximum absolute atomic E-state index is 11.6. The van der Waals surface area contributed by atoms with Crippen molar-refractivity contribution >= 4 is 5.97 Å². The van der Waals surface area contributed by atoms with Gasteiger partial charge >= 0.3 is 5.97 Å². The molecular weight excluding hydrogens is 210 g/mol. The van der Waals surface area contributed by atoms with E-state index in [1.165, 1.54) is 0 Å². The fraction of sp³-hybridized carbons (Fsp3) is 0.909. The number of ether oxygens (including phenoxy) is 3. The van der Waals surface area contributed by atoms with Gasteiger partial charge in [0.25, 0.3) is 0 Å². The minimum Gasteiger partial charge on any atom is -0.462 e. The number of methoxy groups -OCH3 is 1. The van der Waals surface area contributed by atoms with Crippen molar-refractivity contribution in [2.24, 2.45) is 5.92 Å². The predicted molar refractivity (Wildman–Crippen MR) is 59.2 cm³/mol. The second-order valence-electron chi connectivity index (χ2n) is 3.97. The highest BCUT2D eigenvalue weighted by molar-refractivity contribution is 5.76. The predicted octanol–water partition coefficient (Wildman–Crippen LogP) is 0.191. The van der Waals surface area contributed by atoms with E-state index in [-0.39, 0.29) is 12.0 Å². The number of rotatable bonds is 7. The standard InChI is InChI=1S/C11H21NO4/c1-9-3-4-12-10(9)11(13)16-8-7-15-6-5-14-2/h9-10,12H,3-8H2,1-2H3. The van der Waals surface area contributed by atoms with E-state index in [9.17, 15) is 4.79 Å². The molecule has 0 aromatic heterocycles. The van der Waals surface area contributed by atoms with Gasteiger partial charge in [-0.3, -0.25) is 4.79 Å². The summed E-state index contributed by atoms with van der Waals surface area (Å²) in [6.07, 6.45) is 1.03. The second kappa shape index (κ2) is 7.60. The minimum atomic E-state index is -0.166. The van der Waals surface area contributed by atoms with Crippen LogP contribution in [0.2, 0.25) is 0 Å². The Hall–Kier alpha value is -0.650. The van der Waals surface area contributed by atoms with Crippen LogP contribution >= 0.6 is 0 Å². The van der Waals surface area contributed by atoms with E-state index in [4.69, 9.17) is 14.2 Å². The van der Waals surface area contributed by atoms with E-state index in [0.717, 1.165) is 13.0 Å². The van der Waals surface area contributed by atoms with E-state index in [2.05, 4.69) is 12.2 Å². The fourth-order valence-corrected chi connectivity index (χ4v) is 1.69. The molecular formula is C11H21NO4. The molecule has 5 heteroatoms. The number of hydrogen-bond donors (Lipinski definition) is 1. The van der Waals surface area contributed by atoms with E-state index >= 15 is 0 Å². The molecule has 0 bridgehead atoms. The van der Waals surface area contributed by atoms with Gasteiger partial charge in [-0.25, -0.2) is 0 Å². The summed E-state index contributed by atoms with van der Waals surface area (Å²) < 4.78 is 15.1. The molecule has 1 fully saturated rings. The number of esters is 1. The summed E-state index contributed by atoms with van der Waals surface area (Å²) in [4.78, 5) is 11.6. The smallest absolute Gasteiger partial charge is 0.323 e. The van der Waals surface area contributed by atoms with Crippen LogP contribution in [0, 0.1) is 5.92 Å². The molecule has 0 aromatic rings. The van der Waals surface area contributed by atoms with Gasteiger partial charge in [-0.05, 0) is 18.9 Å². The van der Waals surface area contributed by atoms with E-state index < -0.39 is 0 Å². The first kappa shape index (κ1) is 13.4. The molecule has 2 unspecified atom stereocenters. The zero-order chi connectivity index (χ0) is 11.8. The number of carbonyl (C=O) groups is 1. The maximum atomic E-state index is 11.6. The second-order valence-corrected chi connectivity index (χ2v) is 3.97. The topological polar surface area (TPSA) is 56.8 Å². The van der Waals surface area contributed by atoms with Gasteiger partial charge in [0.15, 0.2) is 0 Å². The molecule has 0 amide bonds. The van der Waals surface area contributed by atoms with E-state index in [1.807, 2.05) is 0 Å². The first-order chi connectivity index (χ1) is 7.75. The molecule has 94 valence electrons. The van der Waals surface area contributed by atoms with Gasteiger partial charge in [-0.1, -0.05) is 6.92 Å². The van der Waals surface area contributed by atoms with Gasteiger partial charge in [0, 0.05) is 7.11 Å². The van der Waals surface area contributed by atoms with Crippen LogP contribution < -0.4 is 5.32 Å². The Bertz CT molecular complexity index is 210. The molecule has 5 nitrogen and oxygen atoms in total. The molecule has 0 aromatic carbocycles. The molecule has 1 heterocycles. The van der Waals surface area contributed by atoms with Crippen LogP contribution in [0.1, 0.15) is 13.3 Å². The highest BCUT2D eigenvalue weighted by Gasteiger charge is 2.30. The van der Waals surface area contributed by atoms with Crippen molar-refractivity contribution in [3.63, 3.8) is 0 Å². The van der Waals surface area contributed by atoms with Crippen LogP contribution in [0.5, 0.6) is 0 Å². The van der Waals surface area contributed by atoms with Crippen molar-refractivity contribution in [3.8, 4) is 0 Å². The molecule has 1 aliphatic heterocycles. The van der Waals surface area contributed by atoms with E-state index in [1.54, 1.807) is 7.11 Å². The third-order valence-corrected chi connectivity index (χ3v) is 2.69. The maximum Gasteiger partial charge on any atom is 0.323 e. The molecule has 0 aliphatic carbocycles. The van der Waals surface area contributed by atoms with Gasteiger partial charge in [-0.2, -0.15) is 0 Å². The van der Waals surface area contributed by atoms with Crippen molar-refractivity contribution in [3.05, 3.63) is 0 Å². The zero-order valence-corrected chi connectivity index (χ0v) is 10.0. The zero-order valence-electron chi connectivity index (χ0n) is 10.0. The molecule has 16 heavy (non-hydrogen) atoms. The molecule has 1 rings (SSSR count). The van der Waals surface area contributed by atoms with Gasteiger partial charge in [0.1, 0.15) is 12.6 Å². The first-order valence-electron chi connectivity index (χ1n) is 5.72. The molecule has 1 saturated heterocycles. The van der Waals surface area contributed by atoms with Crippen molar-refractivity contribution < 1.29 is 19.0 Å². The van der Waals surface area contributed by atoms with Gasteiger partial charge < -0.3 is 19.5 Å². The largest absolute Gasteiger partial charge is 0.462 e. The Morgan fingerprint density at radius 2 is 2.06 bits per heavy atom. The lowest BCUT2D eigenvalue weighted by molar-refractivity contribution is -0.148. The Morgan fingerprint density at radius 1 is 1.31 bits per heavy atom. The summed E-state index contributed by atoms with van der Waals surface area (Å²) in [7, 11) is 1.62. The van der Waals surface area contributed by atoms with Gasteiger partial charge in [0.05, 0.1) is 19.8 Å². The third kappa shape index (κ3) is 4.47. The van der Waals surface area contributed by atoms with Crippen LogP contribution in [0.25, 0.3) is 0 Å². The third-order valence-electron chi connectivity index (χ3n) is 2.69. The lowest BCUT2D eigenvalue weighted by atomic mass is 10.0. The average Bonchev–Trinajstić information content (AvgIpc) is 2.69. The molecule has 0 saturated carbocycles. The highest BCUT2D eigenvalue weighted by atomic mass is 16.6. The van der Waals surface area contributed by atoms with Crippen LogP contribution in [0.15, 0.2) is 0 Å². The summed E-state index contributed by atoms with van der Waals surface area (Å²) in [5.74, 6) is 0.197. The fourth-order valence-electron chi connectivity index (χ4n) is 1.69. The summed E-state index contributed by atoms with van der Waals surface area (Å²) in [6.45, 7) is 4.79. The minimum absolute atomic E-state index is 0.140. The van der Waals surface area contributed by atoms with Crippen molar-refractivity contribution in [2.45, 2.75) is 19.4 Å². The first-order valence-corrected chi connectivity index (χ1v) is 5.72. The van der Waals surface area contributed by atoms with Crippen LogP contribution in [0.4, 0.5) is 0 Å². The number of nitrogens with one attached hydrogen (secondary N) is 1. The molecule has 0 spiro atoms. The summed E-state index contributed by atoms with van der Waals surface area (Å²) >= 11 is 0. The quantitative estimate of drug-likeness (QED) is 0.501. The summed E-state index contributed by atoms with van der Waals surface area (Å²) in [6, 6.07) is -0.140. The van der Waals surface area contributed by atoms with Crippen molar-refractivity contribution in [1.82, 2.24) is 5.32 Å². The Kier molecular flexibility index (Phi) is 6.37. The van der Waals surface area contributed by atoms with Crippen LogP contribution in [0.3, 0.4) is 0 Å². The lowest BCUT2D eigenvalue weighted by Gasteiger charge is -2.14. The van der Waals surface area contributed by atoms with Gasteiger partial charge in [0.2, 0.25) is 0 Å².